The van der Waals surface area contributed by atoms with E-state index in [2.05, 4.69) is 25.9 Å². The van der Waals surface area contributed by atoms with Gasteiger partial charge in [-0.3, -0.25) is 4.79 Å². The molecule has 0 spiro atoms. The number of hydrogen-bond acceptors (Lipinski definition) is 4. The average Bonchev–Trinajstić information content (AvgIpc) is 2.65. The van der Waals surface area contributed by atoms with Crippen LogP contribution in [0.15, 0.2) is 34.0 Å². The van der Waals surface area contributed by atoms with E-state index in [1.165, 1.54) is 30.1 Å². The summed E-state index contributed by atoms with van der Waals surface area (Å²) in [5.74, 6) is -0.0567. The van der Waals surface area contributed by atoms with Gasteiger partial charge >= 0.3 is 0 Å². The molecule has 0 N–H and O–H groups in total. The normalized spacial score (nSPS) is 10.1. The molecule has 0 aliphatic rings. The van der Waals surface area contributed by atoms with E-state index in [1.807, 2.05) is 5.38 Å². The number of carbonyl (C=O) groups is 1. The van der Waals surface area contributed by atoms with Gasteiger partial charge in [0.1, 0.15) is 6.33 Å². The maximum atomic E-state index is 11.8. The topological polar surface area (TPSA) is 42.9 Å². The number of rotatable bonds is 2. The molecule has 2 rings (SSSR count). The summed E-state index contributed by atoms with van der Waals surface area (Å²) in [7, 11) is 0. The van der Waals surface area contributed by atoms with Crippen LogP contribution in [0.3, 0.4) is 0 Å². The van der Waals surface area contributed by atoms with Crippen LogP contribution in [-0.2, 0) is 0 Å². The fourth-order valence-corrected chi connectivity index (χ4v) is 2.47. The van der Waals surface area contributed by atoms with Gasteiger partial charge in [0.25, 0.3) is 0 Å². The van der Waals surface area contributed by atoms with Crippen LogP contribution in [0.4, 0.5) is 0 Å². The van der Waals surface area contributed by atoms with Gasteiger partial charge < -0.3 is 0 Å². The smallest absolute Gasteiger partial charge is 0.198 e. The molecular formula is C9H5BrN2OS. The summed E-state index contributed by atoms with van der Waals surface area (Å²) in [6, 6.07) is 0. The number of carbonyl (C=O) groups excluding carboxylic acids is 1. The van der Waals surface area contributed by atoms with Gasteiger partial charge in [-0.15, -0.1) is 0 Å². The van der Waals surface area contributed by atoms with E-state index in [4.69, 9.17) is 0 Å². The molecular weight excluding hydrogens is 264 g/mol. The molecule has 2 heterocycles. The number of ketones is 1. The predicted molar refractivity (Wildman–Crippen MR) is 57.5 cm³/mol. The molecule has 70 valence electrons. The van der Waals surface area contributed by atoms with Crippen LogP contribution in [0.5, 0.6) is 0 Å². The quantitative estimate of drug-likeness (QED) is 0.787. The third-order valence-corrected chi connectivity index (χ3v) is 3.38. The van der Waals surface area contributed by atoms with Crippen molar-refractivity contribution in [3.63, 3.8) is 0 Å². The molecule has 0 radical (unpaired) electrons. The molecule has 3 nitrogen and oxygen atoms in total. The summed E-state index contributed by atoms with van der Waals surface area (Å²) in [5, 5.41) is 3.68. The Morgan fingerprint density at radius 1 is 1.29 bits per heavy atom. The summed E-state index contributed by atoms with van der Waals surface area (Å²) in [4.78, 5) is 19.4. The highest BCUT2D eigenvalue weighted by molar-refractivity contribution is 9.10. The minimum absolute atomic E-state index is 0.0567. The fraction of sp³-hybridized carbons (Fsp3) is 0. The van der Waals surface area contributed by atoms with Crippen LogP contribution in [0, 0.1) is 0 Å². The Balaban J connectivity index is 2.39. The molecule has 0 amide bonds. The lowest BCUT2D eigenvalue weighted by Gasteiger charge is -1.96. The van der Waals surface area contributed by atoms with Crippen molar-refractivity contribution in [3.8, 4) is 0 Å². The maximum Gasteiger partial charge on any atom is 0.198 e. The van der Waals surface area contributed by atoms with E-state index in [0.29, 0.717) is 11.1 Å². The van der Waals surface area contributed by atoms with E-state index < -0.39 is 0 Å². The van der Waals surface area contributed by atoms with E-state index in [9.17, 15) is 4.79 Å². The van der Waals surface area contributed by atoms with E-state index in [0.717, 1.165) is 4.47 Å². The Morgan fingerprint density at radius 2 is 2.00 bits per heavy atom. The second-order valence-corrected chi connectivity index (χ2v) is 4.19. The molecule has 0 fully saturated rings. The first kappa shape index (κ1) is 9.48. The Kier molecular flexibility index (Phi) is 2.69. The number of aromatic nitrogens is 2. The average molecular weight is 269 g/mol. The highest BCUT2D eigenvalue weighted by Crippen LogP contribution is 2.23. The van der Waals surface area contributed by atoms with Crippen LogP contribution in [-0.4, -0.2) is 15.8 Å². The summed E-state index contributed by atoms with van der Waals surface area (Å²) < 4.78 is 0.816. The van der Waals surface area contributed by atoms with Crippen LogP contribution in [0.1, 0.15) is 15.9 Å². The van der Waals surface area contributed by atoms with Gasteiger partial charge in [0.2, 0.25) is 0 Å². The summed E-state index contributed by atoms with van der Waals surface area (Å²) in [5.41, 5.74) is 1.16. The van der Waals surface area contributed by atoms with Crippen molar-refractivity contribution in [2.75, 3.05) is 0 Å². The van der Waals surface area contributed by atoms with Gasteiger partial charge in [-0.25, -0.2) is 9.97 Å². The van der Waals surface area contributed by atoms with Gasteiger partial charge in [0.15, 0.2) is 5.78 Å². The Labute approximate surface area is 93.0 Å². The van der Waals surface area contributed by atoms with Crippen molar-refractivity contribution < 1.29 is 4.79 Å². The first-order valence-corrected chi connectivity index (χ1v) is 5.54. The number of halogens is 1. The van der Waals surface area contributed by atoms with E-state index >= 15 is 0 Å². The lowest BCUT2D eigenvalue weighted by atomic mass is 10.1. The molecule has 0 aliphatic heterocycles. The second-order valence-electron chi connectivity index (χ2n) is 2.59. The molecule has 0 saturated heterocycles. The number of hydrogen-bond donors (Lipinski definition) is 0. The zero-order valence-corrected chi connectivity index (χ0v) is 9.38. The number of nitrogens with zero attached hydrogens (tertiary/aromatic N) is 2. The van der Waals surface area contributed by atoms with Gasteiger partial charge in [0.05, 0.1) is 5.56 Å². The van der Waals surface area contributed by atoms with Crippen LogP contribution < -0.4 is 0 Å². The van der Waals surface area contributed by atoms with Crippen molar-refractivity contribution in [2.45, 2.75) is 0 Å². The fourth-order valence-electron chi connectivity index (χ4n) is 1.02. The minimum atomic E-state index is -0.0567. The molecule has 2 aromatic rings. The third kappa shape index (κ3) is 1.73. The molecule has 2 aromatic heterocycles. The first-order chi connectivity index (χ1) is 6.79. The van der Waals surface area contributed by atoms with Crippen molar-refractivity contribution in [1.82, 2.24) is 9.97 Å². The monoisotopic (exact) mass is 268 g/mol. The Morgan fingerprint density at radius 3 is 2.57 bits per heavy atom. The van der Waals surface area contributed by atoms with Crippen molar-refractivity contribution in [3.05, 3.63) is 45.1 Å². The Hall–Kier alpha value is -1.07. The molecule has 0 bridgehead atoms. The van der Waals surface area contributed by atoms with E-state index in [-0.39, 0.29) is 5.78 Å². The zero-order chi connectivity index (χ0) is 9.97. The van der Waals surface area contributed by atoms with Crippen molar-refractivity contribution in [2.24, 2.45) is 0 Å². The summed E-state index contributed by atoms with van der Waals surface area (Å²) >= 11 is 4.79. The van der Waals surface area contributed by atoms with Crippen molar-refractivity contribution >= 4 is 33.0 Å². The molecule has 0 atom stereocenters. The van der Waals surface area contributed by atoms with Gasteiger partial charge in [-0.05, 0) is 15.9 Å². The maximum absolute atomic E-state index is 11.8. The molecule has 0 unspecified atom stereocenters. The van der Waals surface area contributed by atoms with Crippen molar-refractivity contribution in [1.29, 1.82) is 0 Å². The third-order valence-electron chi connectivity index (χ3n) is 1.68. The summed E-state index contributed by atoms with van der Waals surface area (Å²) in [6.07, 6.45) is 4.43. The first-order valence-electron chi connectivity index (χ1n) is 3.80. The molecule has 14 heavy (non-hydrogen) atoms. The standard InChI is InChI=1S/C9H5BrN2OS/c10-8-4-14-3-7(8)9(13)6-1-11-5-12-2-6/h1-5H. The van der Waals surface area contributed by atoms with E-state index in [1.54, 1.807) is 5.38 Å². The highest BCUT2D eigenvalue weighted by Gasteiger charge is 2.13. The van der Waals surface area contributed by atoms with Crippen LogP contribution in [0.2, 0.25) is 0 Å². The largest absolute Gasteiger partial charge is 0.288 e. The zero-order valence-electron chi connectivity index (χ0n) is 6.98. The molecule has 0 saturated carbocycles. The van der Waals surface area contributed by atoms with Gasteiger partial charge in [-0.1, -0.05) is 0 Å². The Bertz CT molecular complexity index is 455. The molecule has 0 aliphatic carbocycles. The lowest BCUT2D eigenvalue weighted by molar-refractivity contribution is 0.103. The molecule has 5 heteroatoms. The lowest BCUT2D eigenvalue weighted by Crippen LogP contribution is -2.01. The predicted octanol–water partition coefficient (Wildman–Crippen LogP) is 2.53. The summed E-state index contributed by atoms with van der Waals surface area (Å²) in [6.45, 7) is 0. The second kappa shape index (κ2) is 3.98. The molecule has 0 aromatic carbocycles. The number of thiophene rings is 1. The van der Waals surface area contributed by atoms with Gasteiger partial charge in [0, 0.05) is 33.2 Å². The SMILES string of the molecule is O=C(c1cncnc1)c1cscc1Br. The van der Waals surface area contributed by atoms with Gasteiger partial charge in [-0.2, -0.15) is 11.3 Å². The highest BCUT2D eigenvalue weighted by atomic mass is 79.9. The van der Waals surface area contributed by atoms with Crippen LogP contribution >= 0.6 is 27.3 Å². The minimum Gasteiger partial charge on any atom is -0.288 e. The van der Waals surface area contributed by atoms with Crippen LogP contribution in [0.25, 0.3) is 0 Å².